The largest absolute Gasteiger partial charge is 0.399 e. The van der Waals surface area contributed by atoms with Gasteiger partial charge in [0.15, 0.2) is 0 Å². The van der Waals surface area contributed by atoms with Gasteiger partial charge in [-0.05, 0) is 26.1 Å². The molecule has 3 N–H and O–H groups in total. The van der Waals surface area contributed by atoms with Gasteiger partial charge in [0.2, 0.25) is 5.91 Å². The van der Waals surface area contributed by atoms with Gasteiger partial charge in [-0.3, -0.25) is 9.69 Å². The third-order valence-electron chi connectivity index (χ3n) is 3.00. The standard InChI is InChI=1S/C13H19Cl2N3O2/c1-8(18(2)4-5-20-3)13(19)17-12-10(14)6-9(16)7-11(12)15/h6-8H,4-5,16H2,1-3H3,(H,17,19). The van der Waals surface area contributed by atoms with Crippen LogP contribution in [-0.2, 0) is 9.53 Å². The molecule has 0 heterocycles. The summed E-state index contributed by atoms with van der Waals surface area (Å²) in [5.74, 6) is -0.197. The summed E-state index contributed by atoms with van der Waals surface area (Å²) in [4.78, 5) is 14.0. The van der Waals surface area contributed by atoms with Gasteiger partial charge in [0.1, 0.15) is 0 Å². The van der Waals surface area contributed by atoms with Crippen LogP contribution in [0.2, 0.25) is 10.0 Å². The molecule has 0 aromatic heterocycles. The molecule has 1 amide bonds. The number of nitrogens with two attached hydrogens (primary N) is 1. The molecule has 0 radical (unpaired) electrons. The third kappa shape index (κ3) is 4.52. The van der Waals surface area contributed by atoms with Gasteiger partial charge in [0.05, 0.1) is 28.4 Å². The molecule has 1 unspecified atom stereocenters. The number of likely N-dealkylation sites (N-methyl/N-ethyl adjacent to an activating group) is 1. The Labute approximate surface area is 129 Å². The van der Waals surface area contributed by atoms with Crippen LogP contribution in [0.4, 0.5) is 11.4 Å². The van der Waals surface area contributed by atoms with Crippen LogP contribution in [0.5, 0.6) is 0 Å². The lowest BCUT2D eigenvalue weighted by Crippen LogP contribution is -2.41. The summed E-state index contributed by atoms with van der Waals surface area (Å²) in [6, 6.07) is 2.75. The average molecular weight is 320 g/mol. The number of nitrogens with one attached hydrogen (secondary N) is 1. The van der Waals surface area contributed by atoms with E-state index in [1.165, 1.54) is 0 Å². The van der Waals surface area contributed by atoms with Gasteiger partial charge in [0.25, 0.3) is 0 Å². The highest BCUT2D eigenvalue weighted by atomic mass is 35.5. The molecule has 20 heavy (non-hydrogen) atoms. The topological polar surface area (TPSA) is 67.6 Å². The van der Waals surface area contributed by atoms with Crippen LogP contribution in [0, 0.1) is 0 Å². The van der Waals surface area contributed by atoms with Crippen molar-refractivity contribution >= 4 is 40.5 Å². The first-order chi connectivity index (χ1) is 9.36. The lowest BCUT2D eigenvalue weighted by Gasteiger charge is -2.24. The van der Waals surface area contributed by atoms with Crippen molar-refractivity contribution < 1.29 is 9.53 Å². The molecule has 1 rings (SSSR count). The molecule has 0 aliphatic heterocycles. The van der Waals surface area contributed by atoms with Gasteiger partial charge < -0.3 is 15.8 Å². The molecule has 0 aliphatic carbocycles. The first kappa shape index (κ1) is 17.0. The Kier molecular flexibility index (Phi) is 6.55. The van der Waals surface area contributed by atoms with E-state index >= 15 is 0 Å². The molecule has 0 bridgehead atoms. The van der Waals surface area contributed by atoms with Crippen LogP contribution >= 0.6 is 23.2 Å². The zero-order chi connectivity index (χ0) is 15.3. The maximum atomic E-state index is 12.2. The Morgan fingerprint density at radius 3 is 2.50 bits per heavy atom. The van der Waals surface area contributed by atoms with E-state index in [4.69, 9.17) is 33.7 Å². The van der Waals surface area contributed by atoms with E-state index in [2.05, 4.69) is 5.32 Å². The van der Waals surface area contributed by atoms with Gasteiger partial charge in [-0.2, -0.15) is 0 Å². The number of nitrogen functional groups attached to an aromatic ring is 1. The number of anilines is 2. The molecule has 0 aliphatic rings. The van der Waals surface area contributed by atoms with Crippen molar-refractivity contribution in [2.24, 2.45) is 0 Å². The van der Waals surface area contributed by atoms with Crippen LogP contribution < -0.4 is 11.1 Å². The minimum absolute atomic E-state index is 0.197. The van der Waals surface area contributed by atoms with E-state index in [9.17, 15) is 4.79 Å². The molecular weight excluding hydrogens is 301 g/mol. The summed E-state index contributed by atoms with van der Waals surface area (Å²) in [5, 5.41) is 3.35. The Morgan fingerprint density at radius 1 is 1.45 bits per heavy atom. The van der Waals surface area contributed by atoms with Crippen LogP contribution in [0.1, 0.15) is 6.92 Å². The number of halogens is 2. The summed E-state index contributed by atoms with van der Waals surface area (Å²) >= 11 is 12.1. The number of hydrogen-bond donors (Lipinski definition) is 2. The fourth-order valence-corrected chi connectivity index (χ4v) is 2.17. The number of methoxy groups -OCH3 is 1. The monoisotopic (exact) mass is 319 g/mol. The van der Waals surface area contributed by atoms with Gasteiger partial charge in [-0.25, -0.2) is 0 Å². The number of hydrogen-bond acceptors (Lipinski definition) is 4. The molecular formula is C13H19Cl2N3O2. The molecule has 0 spiro atoms. The summed E-state index contributed by atoms with van der Waals surface area (Å²) in [6.07, 6.45) is 0. The first-order valence-electron chi connectivity index (χ1n) is 6.11. The smallest absolute Gasteiger partial charge is 0.241 e. The number of nitrogens with zero attached hydrogens (tertiary/aromatic N) is 1. The highest BCUT2D eigenvalue weighted by Crippen LogP contribution is 2.32. The second kappa shape index (κ2) is 7.69. The van der Waals surface area contributed by atoms with Gasteiger partial charge in [-0.1, -0.05) is 23.2 Å². The second-order valence-electron chi connectivity index (χ2n) is 4.50. The second-order valence-corrected chi connectivity index (χ2v) is 5.31. The highest BCUT2D eigenvalue weighted by molar-refractivity contribution is 6.40. The van der Waals surface area contributed by atoms with E-state index in [0.29, 0.717) is 34.6 Å². The van der Waals surface area contributed by atoms with Gasteiger partial charge in [0, 0.05) is 19.3 Å². The zero-order valence-electron chi connectivity index (χ0n) is 11.7. The van der Waals surface area contributed by atoms with Crippen molar-refractivity contribution in [2.45, 2.75) is 13.0 Å². The normalized spacial score (nSPS) is 12.5. The minimum Gasteiger partial charge on any atom is -0.399 e. The predicted octanol–water partition coefficient (Wildman–Crippen LogP) is 2.48. The summed E-state index contributed by atoms with van der Waals surface area (Å²) in [5.41, 5.74) is 6.44. The quantitative estimate of drug-likeness (QED) is 0.790. The lowest BCUT2D eigenvalue weighted by molar-refractivity contribution is -0.120. The van der Waals surface area contributed by atoms with Crippen molar-refractivity contribution in [3.8, 4) is 0 Å². The summed E-state index contributed by atoms with van der Waals surface area (Å²) < 4.78 is 4.98. The van der Waals surface area contributed by atoms with E-state index in [-0.39, 0.29) is 11.9 Å². The molecule has 1 atom stereocenters. The summed E-state index contributed by atoms with van der Waals surface area (Å²) in [7, 11) is 3.46. The molecule has 1 aromatic carbocycles. The predicted molar refractivity (Wildman–Crippen MR) is 83.5 cm³/mol. The summed E-state index contributed by atoms with van der Waals surface area (Å²) in [6.45, 7) is 3.00. The molecule has 112 valence electrons. The number of amides is 1. The number of carbonyl (C=O) groups is 1. The molecule has 0 fully saturated rings. The van der Waals surface area contributed by atoms with Crippen molar-refractivity contribution in [3.05, 3.63) is 22.2 Å². The molecule has 0 saturated heterocycles. The Morgan fingerprint density at radius 2 is 2.00 bits per heavy atom. The Balaban J connectivity index is 2.75. The van der Waals surface area contributed by atoms with E-state index < -0.39 is 0 Å². The maximum absolute atomic E-state index is 12.2. The lowest BCUT2D eigenvalue weighted by atomic mass is 10.2. The Hall–Kier alpha value is -1.01. The molecule has 7 heteroatoms. The average Bonchev–Trinajstić information content (AvgIpc) is 2.38. The minimum atomic E-state index is -0.338. The maximum Gasteiger partial charge on any atom is 0.241 e. The van der Waals surface area contributed by atoms with Crippen LogP contribution in [0.15, 0.2) is 12.1 Å². The highest BCUT2D eigenvalue weighted by Gasteiger charge is 2.20. The van der Waals surface area contributed by atoms with Gasteiger partial charge in [-0.15, -0.1) is 0 Å². The fourth-order valence-electron chi connectivity index (χ4n) is 1.57. The number of ether oxygens (including phenoxy) is 1. The number of rotatable bonds is 6. The van der Waals surface area contributed by atoms with Crippen LogP contribution in [-0.4, -0.2) is 44.2 Å². The van der Waals surface area contributed by atoms with Gasteiger partial charge >= 0.3 is 0 Å². The van der Waals surface area contributed by atoms with E-state index in [0.717, 1.165) is 0 Å². The van der Waals surface area contributed by atoms with E-state index in [1.807, 2.05) is 11.9 Å². The zero-order valence-corrected chi connectivity index (χ0v) is 13.3. The number of carbonyl (C=O) groups excluding carboxylic acids is 1. The van der Waals surface area contributed by atoms with Crippen LogP contribution in [0.3, 0.4) is 0 Å². The van der Waals surface area contributed by atoms with Crippen molar-refractivity contribution in [1.29, 1.82) is 0 Å². The number of benzene rings is 1. The molecule has 0 saturated carbocycles. The van der Waals surface area contributed by atoms with Crippen LogP contribution in [0.25, 0.3) is 0 Å². The van der Waals surface area contributed by atoms with Crippen molar-refractivity contribution in [2.75, 3.05) is 38.4 Å². The SMILES string of the molecule is COCCN(C)C(C)C(=O)Nc1c(Cl)cc(N)cc1Cl. The fraction of sp³-hybridized carbons (Fsp3) is 0.462. The van der Waals surface area contributed by atoms with Crippen molar-refractivity contribution in [1.82, 2.24) is 4.90 Å². The molecule has 5 nitrogen and oxygen atoms in total. The van der Waals surface area contributed by atoms with Crippen molar-refractivity contribution in [3.63, 3.8) is 0 Å². The first-order valence-corrected chi connectivity index (χ1v) is 6.87. The molecule has 1 aromatic rings. The third-order valence-corrected chi connectivity index (χ3v) is 3.60. The van der Waals surface area contributed by atoms with E-state index in [1.54, 1.807) is 26.2 Å². The Bertz CT molecular complexity index is 460.